The second-order valence-corrected chi connectivity index (χ2v) is 9.86. The molecule has 1 aromatic carbocycles. The van der Waals surface area contributed by atoms with E-state index in [0.717, 1.165) is 42.9 Å². The van der Waals surface area contributed by atoms with Crippen LogP contribution in [0.2, 0.25) is 0 Å². The highest BCUT2D eigenvalue weighted by molar-refractivity contribution is 5.57. The van der Waals surface area contributed by atoms with E-state index in [0.29, 0.717) is 17.9 Å². The molecule has 0 radical (unpaired) electrons. The van der Waals surface area contributed by atoms with Crippen molar-refractivity contribution in [3.8, 4) is 17.4 Å². The highest BCUT2D eigenvalue weighted by atomic mass is 16.7. The normalized spacial score (nSPS) is 26.4. The molecular weight excluding hydrogens is 482 g/mol. The monoisotopic (exact) mass is 521 g/mol. The molecule has 2 aliphatic rings. The maximum Gasteiger partial charge on any atom is 0.241 e. The Labute approximate surface area is 217 Å². The molecule has 0 bridgehead atoms. The largest absolute Gasteiger partial charge is 0.497 e. The van der Waals surface area contributed by atoms with E-state index in [-0.39, 0.29) is 11.9 Å². The summed E-state index contributed by atoms with van der Waals surface area (Å²) in [4.78, 5) is 2.31. The number of benzene rings is 1. The Balaban J connectivity index is 1.78. The molecule has 37 heavy (non-hydrogen) atoms. The van der Waals surface area contributed by atoms with Gasteiger partial charge in [-0.15, -0.1) is 5.10 Å². The molecule has 4 N–H and O–H groups in total. The Kier molecular flexibility index (Phi) is 8.81. The number of aliphatic hydroxyl groups is 4. The number of methoxy groups -OCH3 is 2. The summed E-state index contributed by atoms with van der Waals surface area (Å²) in [6.45, 7) is 5.29. The molecule has 4 rings (SSSR count). The van der Waals surface area contributed by atoms with E-state index in [1.54, 1.807) is 14.2 Å². The number of anilines is 1. The number of nitrogens with zero attached hydrogens (tertiary/aromatic N) is 3. The predicted molar refractivity (Wildman–Crippen MR) is 135 cm³/mol. The average Bonchev–Trinajstić information content (AvgIpc) is 3.27. The standard InChI is InChI=1S/C26H39N3O8/c1-15(2)29-25(28-10-6-5-7-11-28)18(12-16-8-9-17(34-3)13-19(16)35-4)24(27-29)37-26-23(33)22(32)21(31)20(14-30)36-26/h8-9,13,15,20-23,26,30-33H,5-7,10-12,14H2,1-4H3/t20-,21-,22+,23-,26+/m1/s1. The van der Waals surface area contributed by atoms with E-state index in [9.17, 15) is 20.4 Å². The minimum atomic E-state index is -1.55. The summed E-state index contributed by atoms with van der Waals surface area (Å²) in [5.41, 5.74) is 1.68. The van der Waals surface area contributed by atoms with Crippen molar-refractivity contribution in [2.45, 2.75) is 76.3 Å². The van der Waals surface area contributed by atoms with Crippen LogP contribution in [0.1, 0.15) is 50.3 Å². The van der Waals surface area contributed by atoms with E-state index >= 15 is 0 Å². The van der Waals surface area contributed by atoms with E-state index in [1.165, 1.54) is 6.42 Å². The van der Waals surface area contributed by atoms with Crippen LogP contribution >= 0.6 is 0 Å². The molecule has 3 heterocycles. The molecule has 2 aliphatic heterocycles. The number of piperidine rings is 1. The fourth-order valence-corrected chi connectivity index (χ4v) is 4.95. The zero-order valence-electron chi connectivity index (χ0n) is 21.9. The Morgan fingerprint density at radius 3 is 2.38 bits per heavy atom. The summed E-state index contributed by atoms with van der Waals surface area (Å²) in [5, 5.41) is 45.5. The molecule has 2 aromatic rings. The van der Waals surface area contributed by atoms with Gasteiger partial charge in [-0.1, -0.05) is 6.07 Å². The van der Waals surface area contributed by atoms with Crippen LogP contribution in [0.15, 0.2) is 18.2 Å². The highest BCUT2D eigenvalue weighted by Gasteiger charge is 2.45. The van der Waals surface area contributed by atoms with Crippen LogP contribution in [-0.2, 0) is 11.2 Å². The minimum absolute atomic E-state index is 0.0144. The first kappa shape index (κ1) is 27.5. The van der Waals surface area contributed by atoms with Crippen LogP contribution in [0.5, 0.6) is 17.4 Å². The summed E-state index contributed by atoms with van der Waals surface area (Å²) >= 11 is 0. The van der Waals surface area contributed by atoms with Crippen molar-refractivity contribution >= 4 is 5.82 Å². The lowest BCUT2D eigenvalue weighted by molar-refractivity contribution is -0.278. The molecule has 0 saturated carbocycles. The van der Waals surface area contributed by atoms with Gasteiger partial charge in [0.25, 0.3) is 0 Å². The van der Waals surface area contributed by atoms with Gasteiger partial charge in [0.2, 0.25) is 12.2 Å². The summed E-state index contributed by atoms with van der Waals surface area (Å²) in [7, 11) is 3.20. The number of ether oxygens (including phenoxy) is 4. The Hall–Kier alpha value is -2.57. The van der Waals surface area contributed by atoms with Gasteiger partial charge in [-0.05, 0) is 44.7 Å². The number of aliphatic hydroxyl groups excluding tert-OH is 4. The van der Waals surface area contributed by atoms with Gasteiger partial charge in [-0.25, -0.2) is 4.68 Å². The van der Waals surface area contributed by atoms with Crippen LogP contribution in [0.3, 0.4) is 0 Å². The maximum absolute atomic E-state index is 10.6. The third-order valence-corrected chi connectivity index (χ3v) is 7.03. The molecule has 2 fully saturated rings. The molecular formula is C26H39N3O8. The van der Waals surface area contributed by atoms with Gasteiger partial charge < -0.3 is 44.3 Å². The molecule has 1 aromatic heterocycles. The SMILES string of the molecule is COc1ccc(Cc2c(O[C@@H]3O[C@H](CO)[C@@H](O)[C@H](O)[C@H]3O)nn(C(C)C)c2N2CCCCC2)c(OC)c1. The van der Waals surface area contributed by atoms with Gasteiger partial charge in [0.05, 0.1) is 26.4 Å². The third-order valence-electron chi connectivity index (χ3n) is 7.03. The molecule has 0 amide bonds. The predicted octanol–water partition coefficient (Wildman–Crippen LogP) is 1.24. The van der Waals surface area contributed by atoms with Gasteiger partial charge in [-0.2, -0.15) is 0 Å². The van der Waals surface area contributed by atoms with E-state index in [4.69, 9.17) is 24.0 Å². The highest BCUT2D eigenvalue weighted by Crippen LogP contribution is 2.39. The zero-order chi connectivity index (χ0) is 26.7. The smallest absolute Gasteiger partial charge is 0.241 e. The van der Waals surface area contributed by atoms with Crippen molar-refractivity contribution in [3.05, 3.63) is 29.3 Å². The topological polar surface area (TPSA) is 139 Å². The Morgan fingerprint density at radius 2 is 1.76 bits per heavy atom. The Morgan fingerprint density at radius 1 is 1.03 bits per heavy atom. The first-order chi connectivity index (χ1) is 17.8. The van der Waals surface area contributed by atoms with Crippen molar-refractivity contribution in [2.24, 2.45) is 0 Å². The van der Waals surface area contributed by atoms with Gasteiger partial charge in [0.1, 0.15) is 41.7 Å². The molecule has 5 atom stereocenters. The lowest BCUT2D eigenvalue weighted by Crippen LogP contribution is -2.60. The number of hydrogen-bond acceptors (Lipinski definition) is 10. The summed E-state index contributed by atoms with van der Waals surface area (Å²) in [5.74, 6) is 2.50. The van der Waals surface area contributed by atoms with Crippen LogP contribution in [0.25, 0.3) is 0 Å². The molecule has 11 heteroatoms. The minimum Gasteiger partial charge on any atom is -0.497 e. The lowest BCUT2D eigenvalue weighted by Gasteiger charge is -2.39. The quantitative estimate of drug-likeness (QED) is 0.381. The molecule has 0 aliphatic carbocycles. The maximum atomic E-state index is 10.6. The second-order valence-electron chi connectivity index (χ2n) is 9.86. The molecule has 2 saturated heterocycles. The fraction of sp³-hybridized carbons (Fsp3) is 0.654. The van der Waals surface area contributed by atoms with Crippen LogP contribution in [-0.4, -0.2) is 94.8 Å². The molecule has 0 spiro atoms. The van der Waals surface area contributed by atoms with Crippen LogP contribution in [0, 0.1) is 0 Å². The molecule has 0 unspecified atom stereocenters. The van der Waals surface area contributed by atoms with Crippen molar-refractivity contribution in [3.63, 3.8) is 0 Å². The van der Waals surface area contributed by atoms with Crippen LogP contribution < -0.4 is 19.1 Å². The number of hydrogen-bond donors (Lipinski definition) is 4. The first-order valence-electron chi connectivity index (χ1n) is 12.8. The summed E-state index contributed by atoms with van der Waals surface area (Å²) < 4.78 is 24.7. The van der Waals surface area contributed by atoms with Crippen molar-refractivity contribution < 1.29 is 39.4 Å². The van der Waals surface area contributed by atoms with Crippen molar-refractivity contribution in [1.82, 2.24) is 9.78 Å². The van der Waals surface area contributed by atoms with E-state index in [2.05, 4.69) is 4.90 Å². The van der Waals surface area contributed by atoms with Gasteiger partial charge in [0, 0.05) is 31.6 Å². The average molecular weight is 522 g/mol. The summed E-state index contributed by atoms with van der Waals surface area (Å²) in [6, 6.07) is 5.63. The second kappa shape index (κ2) is 11.9. The van der Waals surface area contributed by atoms with Crippen molar-refractivity contribution in [1.29, 1.82) is 0 Å². The van der Waals surface area contributed by atoms with Crippen molar-refractivity contribution in [2.75, 3.05) is 38.8 Å². The van der Waals surface area contributed by atoms with Gasteiger partial charge >= 0.3 is 0 Å². The lowest BCUT2D eigenvalue weighted by atomic mass is 9.99. The van der Waals surface area contributed by atoms with Crippen LogP contribution in [0.4, 0.5) is 5.82 Å². The Bertz CT molecular complexity index is 1040. The van der Waals surface area contributed by atoms with E-state index in [1.807, 2.05) is 36.7 Å². The third kappa shape index (κ3) is 5.65. The van der Waals surface area contributed by atoms with E-state index < -0.39 is 37.3 Å². The fourth-order valence-electron chi connectivity index (χ4n) is 4.95. The number of aromatic nitrogens is 2. The van der Waals surface area contributed by atoms with Gasteiger partial charge in [-0.3, -0.25) is 0 Å². The molecule has 11 nitrogen and oxygen atoms in total. The number of rotatable bonds is 9. The van der Waals surface area contributed by atoms with Gasteiger partial charge in [0.15, 0.2) is 0 Å². The molecule has 206 valence electrons. The first-order valence-corrected chi connectivity index (χ1v) is 12.8. The zero-order valence-corrected chi connectivity index (χ0v) is 21.9. The summed E-state index contributed by atoms with van der Waals surface area (Å²) in [6.07, 6.45) is -3.26.